The monoisotopic (exact) mass is 218 g/mol. The molecule has 0 saturated heterocycles. The number of hydrogen-bond donors (Lipinski definition) is 0. The van der Waals surface area contributed by atoms with E-state index in [0.29, 0.717) is 17.1 Å². The van der Waals surface area contributed by atoms with Gasteiger partial charge in [-0.1, -0.05) is 5.11 Å². The molecule has 0 aliphatic heterocycles. The van der Waals surface area contributed by atoms with E-state index >= 15 is 0 Å². The van der Waals surface area contributed by atoms with Crippen LogP contribution in [0.25, 0.3) is 10.4 Å². The number of ether oxygens (including phenoxy) is 2. The number of rotatable bonds is 5. The fourth-order valence-electron chi connectivity index (χ4n) is 1.09. The first-order valence-corrected chi connectivity index (χ1v) is 4.53. The topological polar surface area (TPSA) is 91.0 Å². The van der Waals surface area contributed by atoms with Crippen molar-refractivity contribution in [1.82, 2.24) is 0 Å². The van der Waals surface area contributed by atoms with Crippen LogP contribution >= 0.6 is 0 Å². The summed E-state index contributed by atoms with van der Waals surface area (Å²) in [7, 11) is 1.51. The molecule has 0 saturated carbocycles. The molecule has 0 radical (unpaired) electrons. The van der Waals surface area contributed by atoms with Crippen molar-refractivity contribution < 1.29 is 9.47 Å². The molecule has 0 amide bonds. The van der Waals surface area contributed by atoms with Gasteiger partial charge in [-0.2, -0.15) is 5.26 Å². The van der Waals surface area contributed by atoms with E-state index in [0.717, 1.165) is 0 Å². The van der Waals surface area contributed by atoms with Crippen LogP contribution in [0, 0.1) is 11.3 Å². The number of methoxy groups -OCH3 is 1. The van der Waals surface area contributed by atoms with Gasteiger partial charge in [0, 0.05) is 11.0 Å². The predicted octanol–water partition coefficient (Wildman–Crippen LogP) is 2.26. The van der Waals surface area contributed by atoms with Crippen molar-refractivity contribution in [2.75, 3.05) is 20.3 Å². The molecular formula is C10H10N4O2. The molecule has 1 rings (SSSR count). The lowest BCUT2D eigenvalue weighted by atomic mass is 10.2. The van der Waals surface area contributed by atoms with E-state index in [1.165, 1.54) is 7.11 Å². The molecule has 0 aliphatic rings. The Morgan fingerprint density at radius 2 is 2.19 bits per heavy atom. The summed E-state index contributed by atoms with van der Waals surface area (Å²) in [6.07, 6.45) is 0. The summed E-state index contributed by atoms with van der Waals surface area (Å²) in [6.45, 7) is 0.512. The molecule has 1 aromatic rings. The van der Waals surface area contributed by atoms with Crippen LogP contribution in [0.2, 0.25) is 0 Å². The van der Waals surface area contributed by atoms with Crippen LogP contribution in [0.15, 0.2) is 23.3 Å². The van der Waals surface area contributed by atoms with Gasteiger partial charge in [0.05, 0.1) is 31.9 Å². The van der Waals surface area contributed by atoms with Crippen molar-refractivity contribution in [2.24, 2.45) is 5.11 Å². The Hall–Kier alpha value is -2.38. The smallest absolute Gasteiger partial charge is 0.124 e. The van der Waals surface area contributed by atoms with Crippen molar-refractivity contribution in [1.29, 1.82) is 5.26 Å². The lowest BCUT2D eigenvalue weighted by Gasteiger charge is -2.06. The molecule has 6 nitrogen and oxygen atoms in total. The van der Waals surface area contributed by atoms with Crippen LogP contribution in [0.3, 0.4) is 0 Å². The zero-order valence-corrected chi connectivity index (χ0v) is 8.75. The molecule has 0 spiro atoms. The molecule has 0 heterocycles. The van der Waals surface area contributed by atoms with E-state index in [4.69, 9.17) is 20.3 Å². The summed E-state index contributed by atoms with van der Waals surface area (Å²) in [5.74, 6) is 1.07. The number of hydrogen-bond acceptors (Lipinski definition) is 4. The van der Waals surface area contributed by atoms with Crippen LogP contribution in [0.5, 0.6) is 11.5 Å². The Kier molecular flexibility index (Phi) is 4.51. The van der Waals surface area contributed by atoms with Crippen LogP contribution in [-0.2, 0) is 0 Å². The number of azide groups is 1. The number of nitrogens with zero attached hydrogens (tertiary/aromatic N) is 4. The van der Waals surface area contributed by atoms with Crippen molar-refractivity contribution in [2.45, 2.75) is 0 Å². The Morgan fingerprint density at radius 3 is 2.81 bits per heavy atom. The third-order valence-electron chi connectivity index (χ3n) is 1.77. The fraction of sp³-hybridized carbons (Fsp3) is 0.300. The van der Waals surface area contributed by atoms with Crippen molar-refractivity contribution in [3.05, 3.63) is 34.2 Å². The molecule has 6 heteroatoms. The van der Waals surface area contributed by atoms with Gasteiger partial charge in [0.2, 0.25) is 0 Å². The van der Waals surface area contributed by atoms with Crippen LogP contribution < -0.4 is 9.47 Å². The van der Waals surface area contributed by atoms with Crippen LogP contribution in [0.4, 0.5) is 0 Å². The highest BCUT2D eigenvalue weighted by Crippen LogP contribution is 2.22. The maximum absolute atomic E-state index is 8.76. The number of nitriles is 1. The third-order valence-corrected chi connectivity index (χ3v) is 1.77. The Labute approximate surface area is 92.6 Å². The number of benzene rings is 1. The SMILES string of the molecule is COc1cc(C#N)cc(OCCN=[N+]=[N-])c1. The van der Waals surface area contributed by atoms with Crippen LogP contribution in [-0.4, -0.2) is 20.3 Å². The average molecular weight is 218 g/mol. The van der Waals surface area contributed by atoms with Gasteiger partial charge in [0.25, 0.3) is 0 Å². The summed E-state index contributed by atoms with van der Waals surface area (Å²) < 4.78 is 10.3. The van der Waals surface area contributed by atoms with Gasteiger partial charge in [0.15, 0.2) is 0 Å². The quantitative estimate of drug-likeness (QED) is 0.328. The average Bonchev–Trinajstić information content (AvgIpc) is 2.34. The Balaban J connectivity index is 2.72. The van der Waals surface area contributed by atoms with Gasteiger partial charge >= 0.3 is 0 Å². The third kappa shape index (κ3) is 3.40. The molecule has 0 bridgehead atoms. The maximum atomic E-state index is 8.76. The molecule has 0 unspecified atom stereocenters. The van der Waals surface area contributed by atoms with Gasteiger partial charge in [-0.15, -0.1) is 0 Å². The van der Waals surface area contributed by atoms with Gasteiger partial charge in [0.1, 0.15) is 11.5 Å². The molecule has 0 aliphatic carbocycles. The molecular weight excluding hydrogens is 208 g/mol. The van der Waals surface area contributed by atoms with E-state index in [1.807, 2.05) is 6.07 Å². The van der Waals surface area contributed by atoms with Crippen molar-refractivity contribution in [3.63, 3.8) is 0 Å². The van der Waals surface area contributed by atoms with E-state index in [9.17, 15) is 0 Å². The molecule has 0 N–H and O–H groups in total. The second-order valence-corrected chi connectivity index (χ2v) is 2.81. The summed E-state index contributed by atoms with van der Waals surface area (Å²) in [6, 6.07) is 6.87. The summed E-state index contributed by atoms with van der Waals surface area (Å²) in [4.78, 5) is 2.60. The lowest BCUT2D eigenvalue weighted by molar-refractivity contribution is 0.325. The van der Waals surface area contributed by atoms with E-state index in [2.05, 4.69) is 10.0 Å². The highest BCUT2D eigenvalue weighted by atomic mass is 16.5. The van der Waals surface area contributed by atoms with Gasteiger partial charge in [-0.25, -0.2) is 0 Å². The molecule has 1 aromatic carbocycles. The van der Waals surface area contributed by atoms with Gasteiger partial charge in [-0.05, 0) is 17.7 Å². The van der Waals surface area contributed by atoms with E-state index in [1.54, 1.807) is 18.2 Å². The van der Waals surface area contributed by atoms with Gasteiger partial charge < -0.3 is 9.47 Å². The molecule has 0 fully saturated rings. The Morgan fingerprint density at radius 1 is 1.44 bits per heavy atom. The lowest BCUT2D eigenvalue weighted by Crippen LogP contribution is -2.00. The summed E-state index contributed by atoms with van der Waals surface area (Å²) >= 11 is 0. The minimum atomic E-state index is 0.246. The molecule has 16 heavy (non-hydrogen) atoms. The van der Waals surface area contributed by atoms with Crippen molar-refractivity contribution in [3.8, 4) is 17.6 Å². The van der Waals surface area contributed by atoms with Crippen LogP contribution in [0.1, 0.15) is 5.56 Å². The molecule has 82 valence electrons. The minimum absolute atomic E-state index is 0.246. The van der Waals surface area contributed by atoms with Gasteiger partial charge in [-0.3, -0.25) is 0 Å². The first-order chi connectivity index (χ1) is 7.80. The zero-order valence-electron chi connectivity index (χ0n) is 8.75. The Bertz CT molecular complexity index is 447. The normalized spacial score (nSPS) is 8.75. The second-order valence-electron chi connectivity index (χ2n) is 2.81. The fourth-order valence-corrected chi connectivity index (χ4v) is 1.09. The highest BCUT2D eigenvalue weighted by molar-refractivity contribution is 5.43. The minimum Gasteiger partial charge on any atom is -0.497 e. The van der Waals surface area contributed by atoms with E-state index < -0.39 is 0 Å². The zero-order chi connectivity index (χ0) is 11.8. The summed E-state index contributed by atoms with van der Waals surface area (Å²) in [5, 5.41) is 12.1. The second kappa shape index (κ2) is 6.17. The van der Waals surface area contributed by atoms with Crippen molar-refractivity contribution >= 4 is 0 Å². The summed E-state index contributed by atoms with van der Waals surface area (Å²) in [5.41, 5.74) is 8.52. The molecule has 0 atom stereocenters. The highest BCUT2D eigenvalue weighted by Gasteiger charge is 2.01. The first-order valence-electron chi connectivity index (χ1n) is 4.53. The maximum Gasteiger partial charge on any atom is 0.124 e. The van der Waals surface area contributed by atoms with E-state index in [-0.39, 0.29) is 13.2 Å². The largest absolute Gasteiger partial charge is 0.497 e. The first kappa shape index (κ1) is 11.7. The predicted molar refractivity (Wildman–Crippen MR) is 57.2 cm³/mol. The standard InChI is InChI=1S/C10H10N4O2/c1-15-9-4-8(7-11)5-10(6-9)16-3-2-13-14-12/h4-6H,2-3H2,1H3. The molecule has 0 aromatic heterocycles.